The number of rotatable bonds is 5. The number of anilines is 3. The Hall–Kier alpha value is -3.34. The molecule has 4 aromatic rings. The fourth-order valence-corrected chi connectivity index (χ4v) is 2.97. The van der Waals surface area contributed by atoms with E-state index in [9.17, 15) is 10.0 Å². The third-order valence-corrected chi connectivity index (χ3v) is 4.36. The van der Waals surface area contributed by atoms with E-state index in [1.807, 2.05) is 84.9 Å². The topological polar surface area (TPSA) is 43.7 Å². The molecule has 0 spiro atoms. The van der Waals surface area contributed by atoms with Gasteiger partial charge in [-0.05, 0) is 52.9 Å². The Balaban J connectivity index is 1.91. The molecule has 28 heavy (non-hydrogen) atoms. The van der Waals surface area contributed by atoms with Crippen LogP contribution in [0.15, 0.2) is 109 Å². The van der Waals surface area contributed by atoms with Crippen molar-refractivity contribution in [1.29, 1.82) is 0 Å². The van der Waals surface area contributed by atoms with Gasteiger partial charge in [0.1, 0.15) is 0 Å². The molecule has 4 rings (SSSR count). The summed E-state index contributed by atoms with van der Waals surface area (Å²) in [6, 6.07) is 24.9. The van der Waals surface area contributed by atoms with Gasteiger partial charge in [0.2, 0.25) is 0 Å². The molecular formula is C24H20BNO2. The number of benzene rings is 4. The molecule has 136 valence electrons. The predicted octanol–water partition coefficient (Wildman–Crippen LogP) is 4.50. The first-order valence-corrected chi connectivity index (χ1v) is 8.87. The molecule has 0 aliphatic heterocycles. The van der Waals surface area contributed by atoms with E-state index in [1.54, 1.807) is 4.90 Å². The zero-order chi connectivity index (χ0) is 22.8. The Morgan fingerprint density at radius 3 is 1.64 bits per heavy atom. The van der Waals surface area contributed by atoms with Gasteiger partial charge in [-0.2, -0.15) is 0 Å². The number of nitrogens with zero attached hydrogens (tertiary/aromatic N) is 1. The van der Waals surface area contributed by atoms with Crippen LogP contribution in [0.25, 0.3) is 11.1 Å². The van der Waals surface area contributed by atoms with Crippen LogP contribution in [0.3, 0.4) is 0 Å². The van der Waals surface area contributed by atoms with Crippen LogP contribution in [0.2, 0.25) is 0 Å². The lowest BCUT2D eigenvalue weighted by molar-refractivity contribution is 0.426. The van der Waals surface area contributed by atoms with Crippen molar-refractivity contribution in [2.24, 2.45) is 0 Å². The molecule has 2 N–H and O–H groups in total. The fraction of sp³-hybridized carbons (Fsp3) is 0. The molecule has 0 radical (unpaired) electrons. The van der Waals surface area contributed by atoms with Crippen LogP contribution in [0.1, 0.15) is 5.48 Å². The Morgan fingerprint density at radius 2 is 1.07 bits per heavy atom. The summed E-state index contributed by atoms with van der Waals surface area (Å²) in [7, 11) is -2.10. The molecular weight excluding hydrogens is 345 g/mol. The van der Waals surface area contributed by atoms with E-state index in [2.05, 4.69) is 0 Å². The van der Waals surface area contributed by atoms with E-state index in [4.69, 9.17) is 5.48 Å². The monoisotopic (exact) mass is 369 g/mol. The highest BCUT2D eigenvalue weighted by Crippen LogP contribution is 2.35. The average Bonchev–Trinajstić information content (AvgIpc) is 2.82. The standard InChI is InChI=1S/C24H20BNO2/c27-25(28)21-13-17-24(18-14-21)26(22-9-5-2-6-10-22)23-15-11-20(12-16-23)19-7-3-1-4-8-19/h1-18,27-28H/i13D,14D,17D,18D. The zero-order valence-electron chi connectivity index (χ0n) is 19.0. The third kappa shape index (κ3) is 3.84. The molecule has 0 aliphatic rings. The van der Waals surface area contributed by atoms with Gasteiger partial charge in [0.05, 0.1) is 5.48 Å². The summed E-state index contributed by atoms with van der Waals surface area (Å²) in [6.07, 6.45) is 0. The number of hydrogen-bond donors (Lipinski definition) is 2. The molecule has 0 amide bonds. The molecule has 0 atom stereocenters. The SMILES string of the molecule is [2H]c1c([2H])c(N(c2ccccc2)c2ccc(-c3ccccc3)cc2)c([2H])c([2H])c1B(O)O. The second-order valence-corrected chi connectivity index (χ2v) is 6.22. The highest BCUT2D eigenvalue weighted by Gasteiger charge is 2.15. The molecule has 0 bridgehead atoms. The van der Waals surface area contributed by atoms with Crippen molar-refractivity contribution in [1.82, 2.24) is 0 Å². The van der Waals surface area contributed by atoms with E-state index in [0.29, 0.717) is 11.4 Å². The molecule has 0 saturated carbocycles. The minimum atomic E-state index is -2.10. The van der Waals surface area contributed by atoms with Crippen LogP contribution in [0.4, 0.5) is 17.1 Å². The second kappa shape index (κ2) is 8.13. The molecule has 4 heteroatoms. The fourth-order valence-electron chi connectivity index (χ4n) is 2.97. The quantitative estimate of drug-likeness (QED) is 0.509. The van der Waals surface area contributed by atoms with E-state index < -0.39 is 24.7 Å². The lowest BCUT2D eigenvalue weighted by Crippen LogP contribution is -2.29. The van der Waals surface area contributed by atoms with Crippen LogP contribution < -0.4 is 10.4 Å². The van der Waals surface area contributed by atoms with Crippen molar-refractivity contribution in [2.75, 3.05) is 4.90 Å². The van der Waals surface area contributed by atoms with E-state index in [1.165, 1.54) is 0 Å². The molecule has 0 aliphatic carbocycles. The molecule has 4 aromatic carbocycles. The highest BCUT2D eigenvalue weighted by atomic mass is 16.4. The summed E-state index contributed by atoms with van der Waals surface area (Å²) < 4.78 is 33.5. The molecule has 0 fully saturated rings. The van der Waals surface area contributed by atoms with Crippen molar-refractivity contribution in [3.63, 3.8) is 0 Å². The smallest absolute Gasteiger partial charge is 0.423 e. The van der Waals surface area contributed by atoms with Crippen LogP contribution in [-0.4, -0.2) is 17.2 Å². The van der Waals surface area contributed by atoms with E-state index in [0.717, 1.165) is 11.1 Å². The summed E-state index contributed by atoms with van der Waals surface area (Å²) in [5, 5.41) is 19.1. The molecule has 0 aromatic heterocycles. The predicted molar refractivity (Wildman–Crippen MR) is 116 cm³/mol. The summed E-state index contributed by atoms with van der Waals surface area (Å²) >= 11 is 0. The highest BCUT2D eigenvalue weighted by molar-refractivity contribution is 6.58. The Labute approximate surface area is 170 Å². The first kappa shape index (κ1) is 13.8. The Kier molecular flexibility index (Phi) is 4.00. The van der Waals surface area contributed by atoms with Crippen molar-refractivity contribution in [3.8, 4) is 11.1 Å². The van der Waals surface area contributed by atoms with Gasteiger partial charge in [-0.3, -0.25) is 0 Å². The lowest BCUT2D eigenvalue weighted by atomic mass is 9.80. The number of para-hydroxylation sites is 1. The van der Waals surface area contributed by atoms with Gasteiger partial charge in [-0.1, -0.05) is 72.7 Å². The van der Waals surface area contributed by atoms with Crippen molar-refractivity contribution < 1.29 is 15.5 Å². The van der Waals surface area contributed by atoms with Gasteiger partial charge in [0.25, 0.3) is 0 Å². The maximum absolute atomic E-state index is 9.57. The summed E-state index contributed by atoms with van der Waals surface area (Å²) in [5.74, 6) is 0. The minimum absolute atomic E-state index is 0.0306. The van der Waals surface area contributed by atoms with Gasteiger partial charge in [0.15, 0.2) is 0 Å². The van der Waals surface area contributed by atoms with Gasteiger partial charge in [-0.25, -0.2) is 0 Å². The van der Waals surface area contributed by atoms with Gasteiger partial charge < -0.3 is 14.9 Å². The minimum Gasteiger partial charge on any atom is -0.423 e. The van der Waals surface area contributed by atoms with Crippen molar-refractivity contribution in [3.05, 3.63) is 109 Å². The molecule has 0 unspecified atom stereocenters. The lowest BCUT2D eigenvalue weighted by Gasteiger charge is -2.26. The molecule has 0 heterocycles. The van der Waals surface area contributed by atoms with E-state index >= 15 is 0 Å². The maximum atomic E-state index is 9.57. The summed E-state index contributed by atoms with van der Waals surface area (Å²) in [4.78, 5) is 1.64. The largest absolute Gasteiger partial charge is 0.488 e. The van der Waals surface area contributed by atoms with Crippen LogP contribution >= 0.6 is 0 Å². The van der Waals surface area contributed by atoms with Gasteiger partial charge in [0, 0.05) is 17.1 Å². The maximum Gasteiger partial charge on any atom is 0.488 e. The summed E-state index contributed by atoms with van der Waals surface area (Å²) in [6.45, 7) is 0. The zero-order valence-corrected chi connectivity index (χ0v) is 15.0. The van der Waals surface area contributed by atoms with Crippen molar-refractivity contribution >= 4 is 29.6 Å². The molecule has 3 nitrogen and oxygen atoms in total. The van der Waals surface area contributed by atoms with Gasteiger partial charge >= 0.3 is 7.12 Å². The average molecular weight is 369 g/mol. The van der Waals surface area contributed by atoms with Crippen LogP contribution in [0, 0.1) is 0 Å². The van der Waals surface area contributed by atoms with E-state index in [-0.39, 0.29) is 17.8 Å². The third-order valence-electron chi connectivity index (χ3n) is 4.36. The van der Waals surface area contributed by atoms with Crippen molar-refractivity contribution in [2.45, 2.75) is 0 Å². The molecule has 0 saturated heterocycles. The Bertz CT molecular complexity index is 1210. The van der Waals surface area contributed by atoms with Crippen LogP contribution in [0.5, 0.6) is 0 Å². The first-order valence-electron chi connectivity index (χ1n) is 10.9. The van der Waals surface area contributed by atoms with Crippen LogP contribution in [-0.2, 0) is 0 Å². The van der Waals surface area contributed by atoms with Gasteiger partial charge in [-0.15, -0.1) is 0 Å². The second-order valence-electron chi connectivity index (χ2n) is 6.22. The summed E-state index contributed by atoms with van der Waals surface area (Å²) in [5.41, 5.74) is 2.93. The normalized spacial score (nSPS) is 12.5. The Morgan fingerprint density at radius 1 is 0.571 bits per heavy atom. The first-order chi connectivity index (χ1) is 15.4. The number of hydrogen-bond acceptors (Lipinski definition) is 3.